The van der Waals surface area contributed by atoms with Crippen molar-refractivity contribution in [2.45, 2.75) is 26.1 Å². The van der Waals surface area contributed by atoms with Crippen molar-refractivity contribution in [3.8, 4) is 0 Å². The molecule has 0 amide bonds. The number of morpholine rings is 1. The Morgan fingerprint density at radius 1 is 1.11 bits per heavy atom. The number of hydrogen-bond acceptors (Lipinski definition) is 6. The van der Waals surface area contributed by atoms with Crippen LogP contribution in [-0.2, 0) is 4.74 Å². The molecule has 1 aliphatic rings. The molecule has 1 aliphatic heterocycles. The van der Waals surface area contributed by atoms with Gasteiger partial charge < -0.3 is 14.7 Å². The normalized spacial score (nSPS) is 19.3. The molecular formula is C20H20N2O6. The first-order valence-corrected chi connectivity index (χ1v) is 8.83. The summed E-state index contributed by atoms with van der Waals surface area (Å²) < 4.78 is 5.67. The number of carboxylic acid groups (broad SMARTS) is 1. The summed E-state index contributed by atoms with van der Waals surface area (Å²) in [6.07, 6.45) is -0.154. The zero-order chi connectivity index (χ0) is 20.4. The van der Waals surface area contributed by atoms with Gasteiger partial charge >= 0.3 is 5.97 Å². The van der Waals surface area contributed by atoms with Crippen molar-refractivity contribution in [1.82, 2.24) is 0 Å². The van der Waals surface area contributed by atoms with Gasteiger partial charge in [0.25, 0.3) is 5.69 Å². The van der Waals surface area contributed by atoms with Crippen molar-refractivity contribution in [1.29, 1.82) is 0 Å². The molecule has 1 N–H and O–H groups in total. The van der Waals surface area contributed by atoms with Crippen molar-refractivity contribution in [3.63, 3.8) is 0 Å². The highest BCUT2D eigenvalue weighted by atomic mass is 16.6. The Labute approximate surface area is 161 Å². The van der Waals surface area contributed by atoms with Crippen molar-refractivity contribution in [2.24, 2.45) is 0 Å². The Kier molecular flexibility index (Phi) is 5.41. The molecule has 0 aromatic heterocycles. The van der Waals surface area contributed by atoms with Crippen LogP contribution in [0.25, 0.3) is 0 Å². The van der Waals surface area contributed by atoms with Gasteiger partial charge in [-0.25, -0.2) is 4.79 Å². The molecule has 2 atom stereocenters. The largest absolute Gasteiger partial charge is 0.478 e. The van der Waals surface area contributed by atoms with Crippen LogP contribution in [0.5, 0.6) is 0 Å². The fourth-order valence-electron chi connectivity index (χ4n) is 3.48. The highest BCUT2D eigenvalue weighted by molar-refractivity contribution is 6.14. The van der Waals surface area contributed by atoms with Gasteiger partial charge in [-0.3, -0.25) is 14.9 Å². The molecule has 2 aromatic carbocycles. The predicted molar refractivity (Wildman–Crippen MR) is 102 cm³/mol. The number of nitro groups is 1. The van der Waals surface area contributed by atoms with Crippen LogP contribution in [0.4, 0.5) is 11.4 Å². The summed E-state index contributed by atoms with van der Waals surface area (Å²) in [4.78, 5) is 37.2. The van der Waals surface area contributed by atoms with Crippen molar-refractivity contribution < 1.29 is 24.4 Å². The van der Waals surface area contributed by atoms with Crippen LogP contribution in [0, 0.1) is 10.1 Å². The van der Waals surface area contributed by atoms with Crippen LogP contribution in [0.15, 0.2) is 42.5 Å². The molecule has 0 bridgehead atoms. The Bertz CT molecular complexity index is 932. The van der Waals surface area contributed by atoms with Gasteiger partial charge in [0, 0.05) is 30.3 Å². The fraction of sp³-hybridized carbons (Fsp3) is 0.300. The van der Waals surface area contributed by atoms with E-state index in [0.717, 1.165) is 0 Å². The average Bonchev–Trinajstić information content (AvgIpc) is 2.66. The number of ketones is 1. The Morgan fingerprint density at radius 2 is 1.71 bits per heavy atom. The SMILES string of the molecule is C[C@@H]1CN(c2ccc(C(=O)c3ccccc3C(=O)O)cc2[N+](=O)[O-])C[C@@H](C)O1. The van der Waals surface area contributed by atoms with Gasteiger partial charge in [-0.2, -0.15) is 0 Å². The zero-order valence-corrected chi connectivity index (χ0v) is 15.5. The monoisotopic (exact) mass is 384 g/mol. The number of benzene rings is 2. The summed E-state index contributed by atoms with van der Waals surface area (Å²) in [5.74, 6) is -1.80. The van der Waals surface area contributed by atoms with Crippen LogP contribution in [0.2, 0.25) is 0 Å². The minimum atomic E-state index is -1.23. The van der Waals surface area contributed by atoms with Gasteiger partial charge in [0.15, 0.2) is 5.78 Å². The first kappa shape index (κ1) is 19.5. The third-order valence-electron chi connectivity index (χ3n) is 4.60. The van der Waals surface area contributed by atoms with E-state index < -0.39 is 16.7 Å². The van der Waals surface area contributed by atoms with Crippen molar-refractivity contribution >= 4 is 23.1 Å². The first-order valence-electron chi connectivity index (χ1n) is 8.83. The fourth-order valence-corrected chi connectivity index (χ4v) is 3.48. The molecule has 0 spiro atoms. The van der Waals surface area contributed by atoms with Crippen molar-refractivity contribution in [2.75, 3.05) is 18.0 Å². The third-order valence-corrected chi connectivity index (χ3v) is 4.60. The summed E-state index contributed by atoms with van der Waals surface area (Å²) in [6.45, 7) is 4.80. The first-order chi connectivity index (χ1) is 13.3. The smallest absolute Gasteiger partial charge is 0.336 e. The lowest BCUT2D eigenvalue weighted by atomic mass is 9.97. The highest BCUT2D eigenvalue weighted by Crippen LogP contribution is 2.32. The van der Waals surface area contributed by atoms with E-state index in [1.165, 1.54) is 30.3 Å². The number of carboxylic acids is 1. The molecule has 28 heavy (non-hydrogen) atoms. The van der Waals surface area contributed by atoms with Crippen LogP contribution in [0.3, 0.4) is 0 Å². The second kappa shape index (κ2) is 7.77. The Hall–Kier alpha value is -3.26. The lowest BCUT2D eigenvalue weighted by Crippen LogP contribution is -2.45. The summed E-state index contributed by atoms with van der Waals surface area (Å²) in [7, 11) is 0. The Morgan fingerprint density at radius 3 is 2.29 bits per heavy atom. The van der Waals surface area contributed by atoms with Crippen LogP contribution in [0.1, 0.15) is 40.1 Å². The summed E-state index contributed by atoms with van der Waals surface area (Å²) >= 11 is 0. The molecule has 1 fully saturated rings. The third kappa shape index (κ3) is 3.86. The second-order valence-corrected chi connectivity index (χ2v) is 6.80. The van der Waals surface area contributed by atoms with E-state index in [2.05, 4.69) is 0 Å². The number of aromatic carboxylic acids is 1. The van der Waals surface area contributed by atoms with Gasteiger partial charge in [-0.15, -0.1) is 0 Å². The maximum absolute atomic E-state index is 12.8. The van der Waals surface area contributed by atoms with Crippen LogP contribution >= 0.6 is 0 Å². The minimum Gasteiger partial charge on any atom is -0.478 e. The van der Waals surface area contributed by atoms with Crippen molar-refractivity contribution in [3.05, 3.63) is 69.3 Å². The van der Waals surface area contributed by atoms with Gasteiger partial charge in [-0.1, -0.05) is 18.2 Å². The maximum Gasteiger partial charge on any atom is 0.336 e. The molecule has 0 radical (unpaired) electrons. The molecule has 1 saturated heterocycles. The van der Waals surface area contributed by atoms with E-state index in [4.69, 9.17) is 4.74 Å². The molecule has 8 nitrogen and oxygen atoms in total. The number of hydrogen-bond donors (Lipinski definition) is 1. The molecule has 3 rings (SSSR count). The van der Waals surface area contributed by atoms with Gasteiger partial charge in [0.05, 0.1) is 22.7 Å². The lowest BCUT2D eigenvalue weighted by molar-refractivity contribution is -0.384. The van der Waals surface area contributed by atoms with E-state index >= 15 is 0 Å². The van der Waals surface area contributed by atoms with E-state index in [1.807, 2.05) is 18.7 Å². The number of carbonyl (C=O) groups excluding carboxylic acids is 1. The number of nitro benzene ring substituents is 1. The summed E-state index contributed by atoms with van der Waals surface area (Å²) in [5, 5.41) is 20.9. The molecule has 0 aliphatic carbocycles. The number of anilines is 1. The predicted octanol–water partition coefficient (Wildman–Crippen LogP) is 3.14. The molecule has 2 aromatic rings. The number of rotatable bonds is 5. The van der Waals surface area contributed by atoms with E-state index in [0.29, 0.717) is 18.8 Å². The zero-order valence-electron chi connectivity index (χ0n) is 15.5. The summed E-state index contributed by atoms with van der Waals surface area (Å²) in [5.41, 5.74) is 0.134. The van der Waals surface area contributed by atoms with Gasteiger partial charge in [-0.05, 0) is 32.0 Å². The summed E-state index contributed by atoms with van der Waals surface area (Å²) in [6, 6.07) is 10.0. The van der Waals surface area contributed by atoms with E-state index in [1.54, 1.807) is 12.1 Å². The standard InChI is InChI=1S/C20H20N2O6/c1-12-10-21(11-13(2)28-12)17-8-7-14(9-18(17)22(26)27)19(23)15-5-3-4-6-16(15)20(24)25/h3-9,12-13H,10-11H2,1-2H3,(H,24,25)/t12-,13-/m1/s1. The molecule has 0 unspecified atom stereocenters. The number of ether oxygens (including phenoxy) is 1. The van der Waals surface area contributed by atoms with E-state index in [9.17, 15) is 24.8 Å². The number of carbonyl (C=O) groups is 2. The minimum absolute atomic E-state index is 0.00864. The molecule has 146 valence electrons. The second-order valence-electron chi connectivity index (χ2n) is 6.80. The molecule has 8 heteroatoms. The molecule has 1 heterocycles. The topological polar surface area (TPSA) is 110 Å². The average molecular weight is 384 g/mol. The number of nitrogens with zero attached hydrogens (tertiary/aromatic N) is 2. The quantitative estimate of drug-likeness (QED) is 0.479. The van der Waals surface area contributed by atoms with Gasteiger partial charge in [0.1, 0.15) is 5.69 Å². The van der Waals surface area contributed by atoms with Crippen LogP contribution in [-0.4, -0.2) is 47.1 Å². The van der Waals surface area contributed by atoms with E-state index in [-0.39, 0.29) is 34.6 Å². The maximum atomic E-state index is 12.8. The lowest BCUT2D eigenvalue weighted by Gasteiger charge is -2.36. The highest BCUT2D eigenvalue weighted by Gasteiger charge is 2.29. The van der Waals surface area contributed by atoms with Gasteiger partial charge in [0.2, 0.25) is 0 Å². The Balaban J connectivity index is 2.01. The molecule has 0 saturated carbocycles. The van der Waals surface area contributed by atoms with Crippen LogP contribution < -0.4 is 4.90 Å². The molecular weight excluding hydrogens is 364 g/mol.